The Morgan fingerprint density at radius 3 is 2.52 bits per heavy atom. The van der Waals surface area contributed by atoms with Crippen molar-refractivity contribution in [2.75, 3.05) is 0 Å². The minimum atomic E-state index is -1.05. The van der Waals surface area contributed by atoms with E-state index in [4.69, 9.17) is 21.1 Å². The Hall–Kier alpha value is -2.27. The smallest absolute Gasteiger partial charge is 0.339 e. The zero-order chi connectivity index (χ0) is 15.6. The Morgan fingerprint density at radius 1 is 1.24 bits per heavy atom. The zero-order valence-corrected chi connectivity index (χ0v) is 12.3. The molecule has 1 amide bonds. The van der Waals surface area contributed by atoms with Gasteiger partial charge in [0.05, 0.1) is 6.54 Å². The van der Waals surface area contributed by atoms with Crippen molar-refractivity contribution in [2.24, 2.45) is 0 Å². The summed E-state index contributed by atoms with van der Waals surface area (Å²) in [5.74, 6) is -0.614. The van der Waals surface area contributed by atoms with E-state index in [1.165, 1.54) is 6.07 Å². The van der Waals surface area contributed by atoms with Gasteiger partial charge < -0.3 is 14.8 Å². The van der Waals surface area contributed by atoms with E-state index in [0.717, 1.165) is 5.56 Å². The summed E-state index contributed by atoms with van der Waals surface area (Å²) < 4.78 is 5.29. The van der Waals surface area contributed by atoms with Gasteiger partial charge in [-0.05, 0) is 43.7 Å². The first-order valence-corrected chi connectivity index (χ1v) is 6.63. The van der Waals surface area contributed by atoms with E-state index in [1.54, 1.807) is 32.0 Å². The summed E-state index contributed by atoms with van der Waals surface area (Å²) in [5, 5.41) is 12.2. The van der Waals surface area contributed by atoms with Crippen LogP contribution < -0.4 is 5.32 Å². The number of nitrogens with one attached hydrogen (secondary N) is 1. The lowest BCUT2D eigenvalue weighted by Crippen LogP contribution is -2.23. The molecule has 0 unspecified atom stereocenters. The van der Waals surface area contributed by atoms with Crippen LogP contribution in [0.1, 0.15) is 37.8 Å². The van der Waals surface area contributed by atoms with Crippen LogP contribution in [0.25, 0.3) is 0 Å². The highest BCUT2D eigenvalue weighted by molar-refractivity contribution is 6.30. The number of rotatable bonds is 4. The van der Waals surface area contributed by atoms with Gasteiger partial charge in [-0.2, -0.15) is 0 Å². The number of halogens is 1. The van der Waals surface area contributed by atoms with Gasteiger partial charge in [0, 0.05) is 10.6 Å². The first kappa shape index (κ1) is 15.1. The quantitative estimate of drug-likeness (QED) is 0.909. The molecule has 0 radical (unpaired) electrons. The molecule has 110 valence electrons. The summed E-state index contributed by atoms with van der Waals surface area (Å²) in [4.78, 5) is 23.0. The number of aryl methyl sites for hydroxylation is 2. The second-order valence-corrected chi connectivity index (χ2v) is 5.07. The summed E-state index contributed by atoms with van der Waals surface area (Å²) >= 11 is 5.84. The maximum atomic E-state index is 12.1. The van der Waals surface area contributed by atoms with Crippen molar-refractivity contribution < 1.29 is 19.1 Å². The minimum Gasteiger partial charge on any atom is -0.478 e. The molecule has 0 fully saturated rings. The van der Waals surface area contributed by atoms with E-state index in [-0.39, 0.29) is 18.0 Å². The first-order chi connectivity index (χ1) is 9.88. The molecule has 2 aromatic rings. The fraction of sp³-hybridized carbons (Fsp3) is 0.200. The monoisotopic (exact) mass is 307 g/mol. The van der Waals surface area contributed by atoms with Crippen molar-refractivity contribution in [3.63, 3.8) is 0 Å². The molecular formula is C15H14ClNO4. The molecule has 0 bridgehead atoms. The lowest BCUT2D eigenvalue weighted by atomic mass is 10.1. The third-order valence-electron chi connectivity index (χ3n) is 3.06. The van der Waals surface area contributed by atoms with Crippen LogP contribution in [0.2, 0.25) is 5.02 Å². The van der Waals surface area contributed by atoms with Gasteiger partial charge in [0.15, 0.2) is 0 Å². The maximum absolute atomic E-state index is 12.1. The third-order valence-corrected chi connectivity index (χ3v) is 3.29. The maximum Gasteiger partial charge on any atom is 0.339 e. The Labute approximate surface area is 126 Å². The normalized spacial score (nSPS) is 10.4. The predicted octanol–water partition coefficient (Wildman–Crippen LogP) is 3.18. The van der Waals surface area contributed by atoms with Crippen LogP contribution in [0.4, 0.5) is 0 Å². The number of benzene rings is 1. The van der Waals surface area contributed by atoms with E-state index in [1.807, 2.05) is 0 Å². The van der Waals surface area contributed by atoms with Crippen LogP contribution in [-0.4, -0.2) is 17.0 Å². The molecule has 0 saturated heterocycles. The Kier molecular flexibility index (Phi) is 4.33. The third kappa shape index (κ3) is 3.44. The van der Waals surface area contributed by atoms with Crippen LogP contribution in [0.15, 0.2) is 28.7 Å². The van der Waals surface area contributed by atoms with E-state index in [0.29, 0.717) is 22.1 Å². The highest BCUT2D eigenvalue weighted by atomic mass is 35.5. The van der Waals surface area contributed by atoms with E-state index in [9.17, 15) is 9.59 Å². The van der Waals surface area contributed by atoms with Crippen molar-refractivity contribution in [3.8, 4) is 0 Å². The predicted molar refractivity (Wildman–Crippen MR) is 77.8 cm³/mol. The largest absolute Gasteiger partial charge is 0.478 e. The molecule has 0 aliphatic heterocycles. The molecule has 2 rings (SSSR count). The summed E-state index contributed by atoms with van der Waals surface area (Å²) in [6.45, 7) is 3.48. The Bertz CT molecular complexity index is 706. The Morgan fingerprint density at radius 2 is 1.95 bits per heavy atom. The first-order valence-electron chi connectivity index (χ1n) is 6.25. The number of hydrogen-bond donors (Lipinski definition) is 2. The number of carbonyl (C=O) groups is 2. The molecule has 5 nitrogen and oxygen atoms in total. The average molecular weight is 308 g/mol. The number of carboxylic acids is 1. The van der Waals surface area contributed by atoms with Crippen molar-refractivity contribution >= 4 is 23.5 Å². The van der Waals surface area contributed by atoms with Crippen LogP contribution >= 0.6 is 11.6 Å². The van der Waals surface area contributed by atoms with Crippen molar-refractivity contribution in [2.45, 2.75) is 20.4 Å². The van der Waals surface area contributed by atoms with Crippen LogP contribution in [0, 0.1) is 13.8 Å². The standard InChI is InChI=1S/C15H14ClNO4/c1-8-5-10(16)3-4-12(8)14(18)17-7-11-6-13(15(19)20)9(2)21-11/h3-6H,7H2,1-2H3,(H,17,18)(H,19,20). The van der Waals surface area contributed by atoms with Crippen LogP contribution in [0.5, 0.6) is 0 Å². The van der Waals surface area contributed by atoms with Crippen LogP contribution in [0.3, 0.4) is 0 Å². The fourth-order valence-corrected chi connectivity index (χ4v) is 2.21. The van der Waals surface area contributed by atoms with Gasteiger partial charge in [-0.25, -0.2) is 4.79 Å². The molecule has 0 saturated carbocycles. The highest BCUT2D eigenvalue weighted by Gasteiger charge is 2.15. The topological polar surface area (TPSA) is 79.5 Å². The number of carboxylic acid groups (broad SMARTS) is 1. The Balaban J connectivity index is 2.07. The van der Waals surface area contributed by atoms with Gasteiger partial charge in [-0.15, -0.1) is 0 Å². The summed E-state index contributed by atoms with van der Waals surface area (Å²) in [6, 6.07) is 6.40. The number of aromatic carboxylic acids is 1. The molecule has 0 spiro atoms. The molecule has 1 heterocycles. The van der Waals surface area contributed by atoms with Gasteiger partial charge in [0.2, 0.25) is 0 Å². The average Bonchev–Trinajstić information content (AvgIpc) is 2.77. The zero-order valence-electron chi connectivity index (χ0n) is 11.6. The molecule has 1 aromatic heterocycles. The second kappa shape index (κ2) is 6.01. The minimum absolute atomic E-state index is 0.0990. The van der Waals surface area contributed by atoms with Gasteiger partial charge in [-0.3, -0.25) is 4.79 Å². The van der Waals surface area contributed by atoms with Crippen molar-refractivity contribution in [3.05, 3.63) is 57.5 Å². The highest BCUT2D eigenvalue weighted by Crippen LogP contribution is 2.17. The van der Waals surface area contributed by atoms with E-state index in [2.05, 4.69) is 5.32 Å². The van der Waals surface area contributed by atoms with Gasteiger partial charge in [-0.1, -0.05) is 11.6 Å². The molecule has 0 aliphatic carbocycles. The molecule has 0 aliphatic rings. The summed E-state index contributed by atoms with van der Waals surface area (Å²) in [6.07, 6.45) is 0. The van der Waals surface area contributed by atoms with Crippen LogP contribution in [-0.2, 0) is 6.54 Å². The summed E-state index contributed by atoms with van der Waals surface area (Å²) in [7, 11) is 0. The van der Waals surface area contributed by atoms with Gasteiger partial charge in [0.25, 0.3) is 5.91 Å². The van der Waals surface area contributed by atoms with Crippen molar-refractivity contribution in [1.29, 1.82) is 0 Å². The number of carbonyl (C=O) groups excluding carboxylic acids is 1. The number of hydrogen-bond acceptors (Lipinski definition) is 3. The molecule has 2 N–H and O–H groups in total. The van der Waals surface area contributed by atoms with E-state index < -0.39 is 5.97 Å². The summed E-state index contributed by atoms with van der Waals surface area (Å²) in [5.41, 5.74) is 1.38. The molecule has 6 heteroatoms. The van der Waals surface area contributed by atoms with E-state index >= 15 is 0 Å². The van der Waals surface area contributed by atoms with Gasteiger partial charge >= 0.3 is 5.97 Å². The second-order valence-electron chi connectivity index (χ2n) is 4.63. The lowest BCUT2D eigenvalue weighted by Gasteiger charge is -2.06. The SMILES string of the molecule is Cc1cc(Cl)ccc1C(=O)NCc1cc(C(=O)O)c(C)o1. The lowest BCUT2D eigenvalue weighted by molar-refractivity contribution is 0.0694. The fourth-order valence-electron chi connectivity index (χ4n) is 1.99. The van der Waals surface area contributed by atoms with Crippen molar-refractivity contribution in [1.82, 2.24) is 5.32 Å². The molecule has 1 aromatic carbocycles. The molecule has 0 atom stereocenters. The molecule has 21 heavy (non-hydrogen) atoms. The number of furan rings is 1. The number of amides is 1. The van der Waals surface area contributed by atoms with Gasteiger partial charge in [0.1, 0.15) is 17.1 Å². The molecular weight excluding hydrogens is 294 g/mol.